The summed E-state index contributed by atoms with van der Waals surface area (Å²) < 4.78 is 13.0. The van der Waals surface area contributed by atoms with Crippen LogP contribution < -0.4 is 5.32 Å². The van der Waals surface area contributed by atoms with E-state index in [0.29, 0.717) is 11.5 Å². The van der Waals surface area contributed by atoms with Crippen molar-refractivity contribution < 1.29 is 14.3 Å². The smallest absolute Gasteiger partial charge is 0.227 e. The Hall–Kier alpha value is -2.20. The second-order valence-corrected chi connectivity index (χ2v) is 6.72. The Labute approximate surface area is 141 Å². The second kappa shape index (κ2) is 6.73. The van der Waals surface area contributed by atoms with E-state index in [-0.39, 0.29) is 24.2 Å². The van der Waals surface area contributed by atoms with Gasteiger partial charge in [-0.2, -0.15) is 0 Å². The highest BCUT2D eigenvalue weighted by atomic mass is 19.1. The summed E-state index contributed by atoms with van der Waals surface area (Å²) in [7, 11) is 0. The zero-order valence-electron chi connectivity index (χ0n) is 13.7. The Bertz CT molecular complexity index is 693. The molecular formula is C20H22FNO2. The van der Waals surface area contributed by atoms with Gasteiger partial charge in [-0.15, -0.1) is 0 Å². The summed E-state index contributed by atoms with van der Waals surface area (Å²) in [4.78, 5) is 12.7. The SMILES string of the molecule is CC(O)(CNC(=O)C(c1ccccc1)C1CC1)c1ccc(F)cc1. The van der Waals surface area contributed by atoms with Crippen LogP contribution in [0.25, 0.3) is 0 Å². The number of rotatable bonds is 6. The first kappa shape index (κ1) is 16.7. The van der Waals surface area contributed by atoms with Crippen LogP contribution in [0.15, 0.2) is 54.6 Å². The fourth-order valence-corrected chi connectivity index (χ4v) is 3.01. The van der Waals surface area contributed by atoms with Gasteiger partial charge in [0.1, 0.15) is 11.4 Å². The Morgan fingerprint density at radius 3 is 2.42 bits per heavy atom. The van der Waals surface area contributed by atoms with Gasteiger partial charge in [-0.25, -0.2) is 4.39 Å². The molecular weight excluding hydrogens is 305 g/mol. The molecule has 0 spiro atoms. The first-order valence-corrected chi connectivity index (χ1v) is 8.28. The van der Waals surface area contributed by atoms with E-state index in [1.165, 1.54) is 24.3 Å². The molecule has 2 atom stereocenters. The van der Waals surface area contributed by atoms with E-state index in [1.807, 2.05) is 30.3 Å². The quantitative estimate of drug-likeness (QED) is 0.855. The van der Waals surface area contributed by atoms with E-state index in [2.05, 4.69) is 5.32 Å². The average Bonchev–Trinajstić information content (AvgIpc) is 3.40. The number of amides is 1. The molecule has 2 aromatic rings. The van der Waals surface area contributed by atoms with Crippen molar-refractivity contribution in [2.24, 2.45) is 5.92 Å². The third-order valence-electron chi connectivity index (χ3n) is 4.61. The van der Waals surface area contributed by atoms with E-state index in [0.717, 1.165) is 18.4 Å². The van der Waals surface area contributed by atoms with E-state index in [4.69, 9.17) is 0 Å². The molecule has 1 aliphatic carbocycles. The third-order valence-corrected chi connectivity index (χ3v) is 4.61. The zero-order chi connectivity index (χ0) is 17.2. The van der Waals surface area contributed by atoms with Crippen molar-refractivity contribution in [2.45, 2.75) is 31.3 Å². The normalized spacial score (nSPS) is 17.8. The largest absolute Gasteiger partial charge is 0.384 e. The average molecular weight is 327 g/mol. The Balaban J connectivity index is 1.68. The number of halogens is 1. The highest BCUT2D eigenvalue weighted by molar-refractivity contribution is 5.84. The topological polar surface area (TPSA) is 49.3 Å². The minimum absolute atomic E-state index is 0.0638. The minimum Gasteiger partial charge on any atom is -0.384 e. The van der Waals surface area contributed by atoms with Gasteiger partial charge in [0.05, 0.1) is 12.5 Å². The van der Waals surface area contributed by atoms with Crippen molar-refractivity contribution >= 4 is 5.91 Å². The highest BCUT2D eigenvalue weighted by Gasteiger charge is 2.37. The molecule has 24 heavy (non-hydrogen) atoms. The fraction of sp³-hybridized carbons (Fsp3) is 0.350. The summed E-state index contributed by atoms with van der Waals surface area (Å²) in [5, 5.41) is 13.5. The van der Waals surface area contributed by atoms with Gasteiger partial charge in [-0.05, 0) is 48.9 Å². The van der Waals surface area contributed by atoms with E-state index >= 15 is 0 Å². The lowest BCUT2D eigenvalue weighted by atomic mass is 9.92. The van der Waals surface area contributed by atoms with Crippen molar-refractivity contribution in [3.63, 3.8) is 0 Å². The molecule has 0 saturated heterocycles. The van der Waals surface area contributed by atoms with Crippen LogP contribution in [-0.2, 0) is 10.4 Å². The Morgan fingerprint density at radius 1 is 1.21 bits per heavy atom. The van der Waals surface area contributed by atoms with Crippen molar-refractivity contribution in [3.05, 3.63) is 71.5 Å². The lowest BCUT2D eigenvalue weighted by Crippen LogP contribution is -2.41. The number of benzene rings is 2. The van der Waals surface area contributed by atoms with Gasteiger partial charge in [0, 0.05) is 0 Å². The maximum absolute atomic E-state index is 13.0. The van der Waals surface area contributed by atoms with Crippen LogP contribution >= 0.6 is 0 Å². The third kappa shape index (κ3) is 3.82. The standard InChI is InChI=1S/C20H22FNO2/c1-20(24,16-9-11-17(21)12-10-16)13-22-19(23)18(15-7-8-15)14-5-3-2-4-6-14/h2-6,9-12,15,18,24H,7-8,13H2,1H3,(H,22,23). The van der Waals surface area contributed by atoms with E-state index in [9.17, 15) is 14.3 Å². The summed E-state index contributed by atoms with van der Waals surface area (Å²) in [6.45, 7) is 1.71. The zero-order valence-corrected chi connectivity index (χ0v) is 13.7. The predicted octanol–water partition coefficient (Wildman–Crippen LogP) is 3.34. The molecule has 0 aromatic heterocycles. The fourth-order valence-electron chi connectivity index (χ4n) is 3.01. The number of hydrogen-bond acceptors (Lipinski definition) is 2. The first-order valence-electron chi connectivity index (χ1n) is 8.28. The Kier molecular flexibility index (Phi) is 4.67. The molecule has 3 nitrogen and oxygen atoms in total. The number of hydrogen-bond donors (Lipinski definition) is 2. The maximum Gasteiger partial charge on any atom is 0.227 e. The second-order valence-electron chi connectivity index (χ2n) is 6.72. The van der Waals surface area contributed by atoms with Crippen molar-refractivity contribution in [1.82, 2.24) is 5.32 Å². The van der Waals surface area contributed by atoms with Crippen LogP contribution in [0.4, 0.5) is 4.39 Å². The summed E-state index contributed by atoms with van der Waals surface area (Å²) >= 11 is 0. The van der Waals surface area contributed by atoms with E-state index in [1.54, 1.807) is 6.92 Å². The van der Waals surface area contributed by atoms with Crippen LogP contribution in [0.5, 0.6) is 0 Å². The van der Waals surface area contributed by atoms with Crippen LogP contribution in [0.1, 0.15) is 36.8 Å². The number of aliphatic hydroxyl groups is 1. The van der Waals surface area contributed by atoms with Crippen LogP contribution in [0, 0.1) is 11.7 Å². The molecule has 0 bridgehead atoms. The molecule has 2 N–H and O–H groups in total. The lowest BCUT2D eigenvalue weighted by molar-refractivity contribution is -0.124. The molecule has 2 aromatic carbocycles. The number of nitrogens with one attached hydrogen (secondary N) is 1. The van der Waals surface area contributed by atoms with Gasteiger partial charge < -0.3 is 10.4 Å². The molecule has 1 aliphatic rings. The molecule has 1 fully saturated rings. The summed E-state index contributed by atoms with van der Waals surface area (Å²) in [5.74, 6) is -0.207. The maximum atomic E-state index is 13.0. The van der Waals surface area contributed by atoms with Crippen molar-refractivity contribution in [2.75, 3.05) is 6.54 Å². The molecule has 1 amide bonds. The van der Waals surface area contributed by atoms with E-state index < -0.39 is 5.60 Å². The molecule has 4 heteroatoms. The van der Waals surface area contributed by atoms with Gasteiger partial charge in [-0.1, -0.05) is 42.5 Å². The molecule has 0 aliphatic heterocycles. The monoisotopic (exact) mass is 327 g/mol. The number of carbonyl (C=O) groups excluding carboxylic acids is 1. The summed E-state index contributed by atoms with van der Waals surface area (Å²) in [5.41, 5.74) is 0.347. The van der Waals surface area contributed by atoms with Crippen molar-refractivity contribution in [1.29, 1.82) is 0 Å². The summed E-state index contributed by atoms with van der Waals surface area (Å²) in [6.07, 6.45) is 2.11. The van der Waals surface area contributed by atoms with Gasteiger partial charge in [-0.3, -0.25) is 4.79 Å². The van der Waals surface area contributed by atoms with Gasteiger partial charge in [0.25, 0.3) is 0 Å². The van der Waals surface area contributed by atoms with Crippen LogP contribution in [-0.4, -0.2) is 17.6 Å². The first-order chi connectivity index (χ1) is 11.5. The highest BCUT2D eigenvalue weighted by Crippen LogP contribution is 2.42. The van der Waals surface area contributed by atoms with Crippen molar-refractivity contribution in [3.8, 4) is 0 Å². The van der Waals surface area contributed by atoms with Gasteiger partial charge in [0.15, 0.2) is 0 Å². The molecule has 126 valence electrons. The molecule has 3 rings (SSSR count). The molecule has 1 saturated carbocycles. The number of carbonyl (C=O) groups is 1. The minimum atomic E-state index is -1.24. The Morgan fingerprint density at radius 2 is 1.83 bits per heavy atom. The van der Waals surface area contributed by atoms with Gasteiger partial charge in [0.2, 0.25) is 5.91 Å². The van der Waals surface area contributed by atoms with Crippen LogP contribution in [0.2, 0.25) is 0 Å². The summed E-state index contributed by atoms with van der Waals surface area (Å²) in [6, 6.07) is 15.4. The van der Waals surface area contributed by atoms with Crippen LogP contribution in [0.3, 0.4) is 0 Å². The predicted molar refractivity (Wildman–Crippen MR) is 90.9 cm³/mol. The lowest BCUT2D eigenvalue weighted by Gasteiger charge is -2.26. The molecule has 0 radical (unpaired) electrons. The molecule has 0 heterocycles. The van der Waals surface area contributed by atoms with Gasteiger partial charge >= 0.3 is 0 Å². The molecule has 2 unspecified atom stereocenters.